The van der Waals surface area contributed by atoms with E-state index < -0.39 is 5.91 Å². The number of nitrogens with one attached hydrogen (secondary N) is 3. The Labute approximate surface area is 149 Å². The molecule has 2 aromatic carbocycles. The van der Waals surface area contributed by atoms with E-state index in [-0.39, 0.29) is 12.1 Å². The summed E-state index contributed by atoms with van der Waals surface area (Å²) in [5, 5.41) is 15.4. The minimum absolute atomic E-state index is 0.0308. The summed E-state index contributed by atoms with van der Waals surface area (Å²) in [6.07, 6.45) is 2.98. The van der Waals surface area contributed by atoms with E-state index in [0.717, 1.165) is 22.3 Å². The van der Waals surface area contributed by atoms with Crippen LogP contribution in [-0.4, -0.2) is 15.9 Å². The molecule has 0 fully saturated rings. The second-order valence-electron chi connectivity index (χ2n) is 5.22. The molecule has 1 heterocycles. The molecule has 0 saturated heterocycles. The number of hydrogen-bond donors (Lipinski definition) is 3. The van der Waals surface area contributed by atoms with Crippen molar-refractivity contribution in [3.63, 3.8) is 0 Å². The molecule has 0 aliphatic heterocycles. The number of nitriles is 1. The van der Waals surface area contributed by atoms with Crippen molar-refractivity contribution in [2.45, 2.75) is 6.54 Å². The molecule has 1 aromatic heterocycles. The zero-order valence-corrected chi connectivity index (χ0v) is 13.8. The Morgan fingerprint density at radius 1 is 1.32 bits per heavy atom. The van der Waals surface area contributed by atoms with Gasteiger partial charge in [-0.15, -0.1) is 0 Å². The molecule has 0 aliphatic rings. The highest BCUT2D eigenvalue weighted by Crippen LogP contribution is 2.16. The highest BCUT2D eigenvalue weighted by molar-refractivity contribution is 6.31. The van der Waals surface area contributed by atoms with Crippen molar-refractivity contribution in [3.8, 4) is 6.07 Å². The second-order valence-corrected chi connectivity index (χ2v) is 5.63. The first-order valence-corrected chi connectivity index (χ1v) is 7.86. The van der Waals surface area contributed by atoms with E-state index in [1.165, 1.54) is 6.20 Å². The van der Waals surface area contributed by atoms with Gasteiger partial charge >= 0.3 is 0 Å². The maximum absolute atomic E-state index is 12.2. The van der Waals surface area contributed by atoms with Gasteiger partial charge in [0, 0.05) is 23.5 Å². The molecule has 25 heavy (non-hydrogen) atoms. The molecule has 0 aliphatic carbocycles. The number of H-pyrrole nitrogens is 1. The van der Waals surface area contributed by atoms with Crippen LogP contribution >= 0.6 is 11.6 Å². The predicted molar refractivity (Wildman–Crippen MR) is 96.7 cm³/mol. The van der Waals surface area contributed by atoms with E-state index >= 15 is 0 Å². The van der Waals surface area contributed by atoms with Crippen LogP contribution in [0.3, 0.4) is 0 Å². The topological polar surface area (TPSA) is 93.6 Å². The van der Waals surface area contributed by atoms with E-state index in [9.17, 15) is 10.1 Å². The summed E-state index contributed by atoms with van der Waals surface area (Å²) >= 11 is 6.05. The number of aromatic amines is 1. The number of halogens is 1. The monoisotopic (exact) mass is 351 g/mol. The number of fused-ring (bicyclic) bond motifs is 1. The van der Waals surface area contributed by atoms with Gasteiger partial charge in [0.15, 0.2) is 0 Å². The number of carbonyl (C=O) groups excluding carboxylic acids is 1. The number of nitrogens with zero attached hydrogens (tertiary/aromatic N) is 2. The lowest BCUT2D eigenvalue weighted by Gasteiger charge is -2.07. The van der Waals surface area contributed by atoms with Gasteiger partial charge in [-0.25, -0.2) is 4.98 Å². The van der Waals surface area contributed by atoms with Crippen molar-refractivity contribution >= 4 is 34.2 Å². The average molecular weight is 352 g/mol. The lowest BCUT2D eigenvalue weighted by Crippen LogP contribution is -2.24. The number of aromatic nitrogens is 2. The Kier molecular flexibility index (Phi) is 4.97. The maximum Gasteiger partial charge on any atom is 0.263 e. The van der Waals surface area contributed by atoms with E-state index in [1.807, 2.05) is 42.5 Å². The van der Waals surface area contributed by atoms with Crippen LogP contribution in [-0.2, 0) is 11.3 Å². The predicted octanol–water partition coefficient (Wildman–Crippen LogP) is 3.35. The molecule has 0 bridgehead atoms. The third kappa shape index (κ3) is 3.97. The maximum atomic E-state index is 12.2. The number of anilines is 1. The van der Waals surface area contributed by atoms with Gasteiger partial charge in [0.05, 0.1) is 17.4 Å². The van der Waals surface area contributed by atoms with Gasteiger partial charge < -0.3 is 15.6 Å². The molecule has 3 aromatic rings. The minimum Gasteiger partial charge on any atom is -0.360 e. The van der Waals surface area contributed by atoms with E-state index in [0.29, 0.717) is 5.02 Å². The third-order valence-corrected chi connectivity index (χ3v) is 3.93. The largest absolute Gasteiger partial charge is 0.360 e. The summed E-state index contributed by atoms with van der Waals surface area (Å²) in [7, 11) is 0. The summed E-state index contributed by atoms with van der Waals surface area (Å²) in [6.45, 7) is 0.248. The molecular weight excluding hydrogens is 338 g/mol. The van der Waals surface area contributed by atoms with Crippen LogP contribution in [0.4, 0.5) is 5.69 Å². The van der Waals surface area contributed by atoms with Crippen molar-refractivity contribution in [3.05, 3.63) is 71.2 Å². The summed E-state index contributed by atoms with van der Waals surface area (Å²) in [5.74, 6) is -0.475. The highest BCUT2D eigenvalue weighted by atomic mass is 35.5. The molecular formula is C18H14ClN5O. The SMILES string of the molecule is N#C/C(=C/Nc1ccc2nc[nH]c2c1)C(=O)NCc1ccccc1Cl. The summed E-state index contributed by atoms with van der Waals surface area (Å²) in [4.78, 5) is 19.3. The smallest absolute Gasteiger partial charge is 0.263 e. The number of imidazole rings is 1. The Bertz CT molecular complexity index is 986. The van der Waals surface area contributed by atoms with Crippen molar-refractivity contribution in [1.29, 1.82) is 5.26 Å². The molecule has 0 saturated carbocycles. The fraction of sp³-hybridized carbons (Fsp3) is 0.0556. The lowest BCUT2D eigenvalue weighted by atomic mass is 10.2. The van der Waals surface area contributed by atoms with Crippen LogP contribution < -0.4 is 10.6 Å². The average Bonchev–Trinajstić information content (AvgIpc) is 3.09. The standard InChI is InChI=1S/C18H14ClN5O/c19-15-4-2-1-3-12(15)9-22-18(25)13(8-20)10-21-14-5-6-16-17(7-14)24-11-23-16/h1-7,10-11,21H,9H2,(H,22,25)(H,23,24)/b13-10-. The first-order chi connectivity index (χ1) is 12.2. The van der Waals surface area contributed by atoms with Crippen LogP contribution in [0.15, 0.2) is 60.6 Å². The van der Waals surface area contributed by atoms with Gasteiger partial charge in [-0.1, -0.05) is 29.8 Å². The molecule has 0 atom stereocenters. The first-order valence-electron chi connectivity index (χ1n) is 7.49. The summed E-state index contributed by atoms with van der Waals surface area (Å²) in [5.41, 5.74) is 3.19. The molecule has 1 amide bonds. The Morgan fingerprint density at radius 2 is 2.16 bits per heavy atom. The molecule has 0 radical (unpaired) electrons. The van der Waals surface area contributed by atoms with Gasteiger partial charge in [0.1, 0.15) is 11.6 Å². The third-order valence-electron chi connectivity index (χ3n) is 3.57. The molecule has 0 spiro atoms. The van der Waals surface area contributed by atoms with Crippen LogP contribution in [0.5, 0.6) is 0 Å². The highest BCUT2D eigenvalue weighted by Gasteiger charge is 2.09. The second kappa shape index (κ2) is 7.51. The fourth-order valence-corrected chi connectivity index (χ4v) is 2.44. The summed E-state index contributed by atoms with van der Waals surface area (Å²) in [6, 6.07) is 14.6. The van der Waals surface area contributed by atoms with Crippen LogP contribution in [0.1, 0.15) is 5.56 Å². The van der Waals surface area contributed by atoms with Crippen molar-refractivity contribution in [2.24, 2.45) is 0 Å². The summed E-state index contributed by atoms with van der Waals surface area (Å²) < 4.78 is 0. The number of amides is 1. The number of rotatable bonds is 5. The van der Waals surface area contributed by atoms with E-state index in [2.05, 4.69) is 20.6 Å². The van der Waals surface area contributed by atoms with Crippen molar-refractivity contribution < 1.29 is 4.79 Å². The van der Waals surface area contributed by atoms with Crippen molar-refractivity contribution in [1.82, 2.24) is 15.3 Å². The van der Waals surface area contributed by atoms with Gasteiger partial charge in [-0.05, 0) is 29.8 Å². The van der Waals surface area contributed by atoms with Crippen LogP contribution in [0, 0.1) is 11.3 Å². The number of carbonyl (C=O) groups is 1. The van der Waals surface area contributed by atoms with Gasteiger partial charge in [-0.2, -0.15) is 5.26 Å². The lowest BCUT2D eigenvalue weighted by molar-refractivity contribution is -0.117. The van der Waals surface area contributed by atoms with Gasteiger partial charge in [0.25, 0.3) is 5.91 Å². The van der Waals surface area contributed by atoms with E-state index in [4.69, 9.17) is 11.6 Å². The zero-order valence-electron chi connectivity index (χ0n) is 13.1. The van der Waals surface area contributed by atoms with E-state index in [1.54, 1.807) is 12.4 Å². The van der Waals surface area contributed by atoms with Crippen LogP contribution in [0.25, 0.3) is 11.0 Å². The Balaban J connectivity index is 1.66. The molecule has 124 valence electrons. The minimum atomic E-state index is -0.475. The number of hydrogen-bond acceptors (Lipinski definition) is 4. The molecule has 3 rings (SSSR count). The van der Waals surface area contributed by atoms with Gasteiger partial charge in [-0.3, -0.25) is 4.79 Å². The molecule has 0 unspecified atom stereocenters. The quantitative estimate of drug-likeness (QED) is 0.485. The van der Waals surface area contributed by atoms with Gasteiger partial charge in [0.2, 0.25) is 0 Å². The fourth-order valence-electron chi connectivity index (χ4n) is 2.24. The molecule has 7 heteroatoms. The normalized spacial score (nSPS) is 11.1. The molecule has 3 N–H and O–H groups in total. The molecule has 6 nitrogen and oxygen atoms in total. The Morgan fingerprint density at radius 3 is 2.96 bits per heavy atom. The Hall–Kier alpha value is -3.30. The zero-order chi connectivity index (χ0) is 17.6. The number of benzene rings is 2. The van der Waals surface area contributed by atoms with Crippen LogP contribution in [0.2, 0.25) is 5.02 Å². The first kappa shape index (κ1) is 16.6. The van der Waals surface area contributed by atoms with Crippen molar-refractivity contribution in [2.75, 3.05) is 5.32 Å².